The molecule has 2 bridgehead atoms. The van der Waals surface area contributed by atoms with E-state index in [1.165, 1.54) is 6.07 Å². The van der Waals surface area contributed by atoms with Gasteiger partial charge in [0, 0.05) is 84.8 Å². The van der Waals surface area contributed by atoms with Crippen molar-refractivity contribution in [1.82, 2.24) is 34.3 Å². The average molecular weight is 546 g/mol. The van der Waals surface area contributed by atoms with Crippen LogP contribution in [-0.4, -0.2) is 72.7 Å². The van der Waals surface area contributed by atoms with Gasteiger partial charge in [-0.05, 0) is 49.4 Å². The van der Waals surface area contributed by atoms with Gasteiger partial charge < -0.3 is 4.90 Å². The van der Waals surface area contributed by atoms with Gasteiger partial charge in [-0.3, -0.25) is 14.6 Å². The summed E-state index contributed by atoms with van der Waals surface area (Å²) in [7, 11) is 1.91. The third kappa shape index (κ3) is 4.64. The first-order valence-electron chi connectivity index (χ1n) is 13.6. The Balaban J connectivity index is 1.11. The van der Waals surface area contributed by atoms with Crippen molar-refractivity contribution < 1.29 is 4.39 Å². The molecule has 9 nitrogen and oxygen atoms in total. The van der Waals surface area contributed by atoms with E-state index in [1.807, 2.05) is 42.5 Å². The van der Waals surface area contributed by atoms with Gasteiger partial charge in [-0.1, -0.05) is 5.92 Å². The molecular weight excluding hydrogens is 517 g/mol. The predicted octanol–water partition coefficient (Wildman–Crippen LogP) is 3.85. The Morgan fingerprint density at radius 2 is 1.90 bits per heavy atom. The van der Waals surface area contributed by atoms with Crippen LogP contribution in [0.3, 0.4) is 0 Å². The summed E-state index contributed by atoms with van der Waals surface area (Å²) in [5.41, 5.74) is 6.31. The maximum absolute atomic E-state index is 13.8. The van der Waals surface area contributed by atoms with Gasteiger partial charge >= 0.3 is 0 Å². The number of piperazine rings is 1. The molecule has 3 aliphatic heterocycles. The number of piperidine rings is 1. The number of aryl methyl sites for hydroxylation is 1. The van der Waals surface area contributed by atoms with Gasteiger partial charge in [0.05, 0.1) is 31.0 Å². The number of fused-ring (bicyclic) bond motifs is 3. The minimum Gasteiger partial charge on any atom is -0.353 e. The zero-order chi connectivity index (χ0) is 27.9. The quantitative estimate of drug-likeness (QED) is 0.238. The third-order valence-corrected chi connectivity index (χ3v) is 7.96. The number of aromatic nitrogens is 6. The Bertz CT molecular complexity index is 1800. The molecule has 3 aliphatic rings. The Kier molecular flexibility index (Phi) is 6.29. The number of aliphatic imine (C=N–C) groups is 1. The van der Waals surface area contributed by atoms with Gasteiger partial charge in [0.1, 0.15) is 11.5 Å². The lowest BCUT2D eigenvalue weighted by molar-refractivity contribution is 0.0125. The summed E-state index contributed by atoms with van der Waals surface area (Å²) in [6.07, 6.45) is 12.4. The molecule has 5 aromatic rings. The van der Waals surface area contributed by atoms with E-state index in [1.54, 1.807) is 16.9 Å². The van der Waals surface area contributed by atoms with Gasteiger partial charge in [-0.2, -0.15) is 10.2 Å². The molecule has 0 aromatic carbocycles. The van der Waals surface area contributed by atoms with Crippen LogP contribution in [0.5, 0.6) is 0 Å². The Morgan fingerprint density at radius 1 is 1.02 bits per heavy atom. The molecule has 2 atom stereocenters. The molecule has 0 aliphatic carbocycles. The second kappa shape index (κ2) is 10.3. The van der Waals surface area contributed by atoms with Crippen LogP contribution in [0.25, 0.3) is 27.8 Å². The van der Waals surface area contributed by atoms with E-state index in [9.17, 15) is 4.39 Å². The number of pyridine rings is 3. The zero-order valence-electron chi connectivity index (χ0n) is 22.7. The summed E-state index contributed by atoms with van der Waals surface area (Å²) in [6.45, 7) is 6.56. The molecule has 8 rings (SSSR count). The number of anilines is 1. The third-order valence-electron chi connectivity index (χ3n) is 7.96. The molecular formula is C31H28FN9. The van der Waals surface area contributed by atoms with Gasteiger partial charge in [-0.15, -0.1) is 0 Å². The smallest absolute Gasteiger partial charge is 0.157 e. The Labute approximate surface area is 237 Å². The van der Waals surface area contributed by atoms with Crippen LogP contribution in [-0.2, 0) is 13.6 Å². The first kappa shape index (κ1) is 25.1. The second-order valence-electron chi connectivity index (χ2n) is 10.6. The highest BCUT2D eigenvalue weighted by atomic mass is 19.1. The van der Waals surface area contributed by atoms with Crippen molar-refractivity contribution in [3.63, 3.8) is 0 Å². The predicted molar refractivity (Wildman–Crippen MR) is 156 cm³/mol. The van der Waals surface area contributed by atoms with Crippen LogP contribution >= 0.6 is 0 Å². The molecule has 0 spiro atoms. The standard InChI is InChI=1S/C31H28FN9/c1-33-13-23-15-37-41-18-22(24-16-36-38(2)17-24)11-27(31(23)41)21-7-8-30(35-14-21)39-19-25-12-26(20-39)40(25)10-4-6-29-28(32)5-3-9-34-29/h3,5,7-9,11,14-18,25-26H,1,10,12-13,19-20H2,2H3. The van der Waals surface area contributed by atoms with E-state index in [4.69, 9.17) is 4.98 Å². The van der Waals surface area contributed by atoms with Crippen molar-refractivity contribution in [3.05, 3.63) is 84.6 Å². The molecule has 5 aromatic heterocycles. The van der Waals surface area contributed by atoms with Crippen molar-refractivity contribution >= 4 is 18.1 Å². The summed E-state index contributed by atoms with van der Waals surface area (Å²) in [4.78, 5) is 17.8. The minimum atomic E-state index is -0.379. The maximum Gasteiger partial charge on any atom is 0.157 e. The number of halogens is 1. The lowest BCUT2D eigenvalue weighted by Gasteiger charge is -2.56. The van der Waals surface area contributed by atoms with Crippen LogP contribution in [0, 0.1) is 17.7 Å². The molecule has 0 radical (unpaired) electrons. The first-order valence-corrected chi connectivity index (χ1v) is 13.6. The second-order valence-corrected chi connectivity index (χ2v) is 10.6. The van der Waals surface area contributed by atoms with Crippen LogP contribution in [0.4, 0.5) is 10.2 Å². The number of hydrogen-bond donors (Lipinski definition) is 0. The summed E-state index contributed by atoms with van der Waals surface area (Å²) >= 11 is 0. The fourth-order valence-electron chi connectivity index (χ4n) is 5.93. The van der Waals surface area contributed by atoms with Crippen LogP contribution < -0.4 is 4.90 Å². The molecule has 0 N–H and O–H groups in total. The fourth-order valence-corrected chi connectivity index (χ4v) is 5.93. The SMILES string of the molecule is C=NCc1cnn2cc(-c3cnn(C)c3)cc(-c3ccc(N4CC5CC(C4)N5CC#Cc4ncccc4F)nc3)c12. The largest absolute Gasteiger partial charge is 0.353 e. The van der Waals surface area contributed by atoms with Gasteiger partial charge in [0.15, 0.2) is 5.82 Å². The molecule has 204 valence electrons. The van der Waals surface area contributed by atoms with E-state index < -0.39 is 0 Å². The molecule has 0 saturated carbocycles. The lowest BCUT2D eigenvalue weighted by atomic mass is 9.87. The molecule has 41 heavy (non-hydrogen) atoms. The first-order chi connectivity index (χ1) is 20.1. The molecule has 2 unspecified atom stereocenters. The summed E-state index contributed by atoms with van der Waals surface area (Å²) in [5, 5.41) is 8.95. The molecule has 10 heteroatoms. The maximum atomic E-state index is 13.8. The highest BCUT2D eigenvalue weighted by Crippen LogP contribution is 2.36. The van der Waals surface area contributed by atoms with Gasteiger partial charge in [0.25, 0.3) is 0 Å². The van der Waals surface area contributed by atoms with Crippen molar-refractivity contribution in [3.8, 4) is 34.1 Å². The van der Waals surface area contributed by atoms with Crippen LogP contribution in [0.15, 0.2) is 72.5 Å². The Hall–Kier alpha value is -4.88. The topological polar surface area (TPSA) is 79.7 Å². The number of nitrogens with zero attached hydrogens (tertiary/aromatic N) is 9. The van der Waals surface area contributed by atoms with Gasteiger partial charge in [0.2, 0.25) is 0 Å². The normalized spacial score (nSPS) is 18.1. The van der Waals surface area contributed by atoms with Gasteiger partial charge in [-0.25, -0.2) is 18.9 Å². The summed E-state index contributed by atoms with van der Waals surface area (Å²) < 4.78 is 17.5. The van der Waals surface area contributed by atoms with Crippen molar-refractivity contribution in [2.75, 3.05) is 24.5 Å². The van der Waals surface area contributed by atoms with Crippen molar-refractivity contribution in [2.45, 2.75) is 25.0 Å². The lowest BCUT2D eigenvalue weighted by Crippen LogP contribution is -2.68. The van der Waals surface area contributed by atoms with E-state index in [2.05, 4.69) is 66.7 Å². The highest BCUT2D eigenvalue weighted by molar-refractivity contribution is 5.86. The van der Waals surface area contributed by atoms with Crippen LogP contribution in [0.2, 0.25) is 0 Å². The van der Waals surface area contributed by atoms with Crippen molar-refractivity contribution in [2.24, 2.45) is 12.0 Å². The van der Waals surface area contributed by atoms with E-state index >= 15 is 0 Å². The molecule has 3 saturated heterocycles. The number of hydrogen-bond acceptors (Lipinski definition) is 7. The molecule has 0 amide bonds. The number of rotatable bonds is 6. The molecule has 3 fully saturated rings. The van der Waals surface area contributed by atoms with E-state index in [0.29, 0.717) is 25.2 Å². The summed E-state index contributed by atoms with van der Waals surface area (Å²) in [6, 6.07) is 10.2. The van der Waals surface area contributed by atoms with E-state index in [0.717, 1.165) is 58.7 Å². The summed E-state index contributed by atoms with van der Waals surface area (Å²) in [5.74, 6) is 6.58. The Morgan fingerprint density at radius 3 is 2.63 bits per heavy atom. The zero-order valence-corrected chi connectivity index (χ0v) is 22.7. The fraction of sp³-hybridized carbons (Fsp3) is 0.258. The monoisotopic (exact) mass is 545 g/mol. The molecule has 8 heterocycles. The van der Waals surface area contributed by atoms with Crippen LogP contribution in [0.1, 0.15) is 17.7 Å². The average Bonchev–Trinajstić information content (AvgIpc) is 3.62. The van der Waals surface area contributed by atoms with E-state index in [-0.39, 0.29) is 11.5 Å². The van der Waals surface area contributed by atoms with Crippen molar-refractivity contribution in [1.29, 1.82) is 0 Å². The minimum absolute atomic E-state index is 0.205. The highest BCUT2D eigenvalue weighted by Gasteiger charge is 2.44.